The van der Waals surface area contributed by atoms with E-state index in [1.807, 2.05) is 0 Å². The molecule has 0 fully saturated rings. The minimum atomic E-state index is 0.232. The van der Waals surface area contributed by atoms with Crippen molar-refractivity contribution in [3.63, 3.8) is 0 Å². The van der Waals surface area contributed by atoms with Crippen LogP contribution < -0.4 is 0 Å². The van der Waals surface area contributed by atoms with E-state index in [1.165, 1.54) is 30.1 Å². The second-order valence-electron chi connectivity index (χ2n) is 5.10. The summed E-state index contributed by atoms with van der Waals surface area (Å²) in [7, 11) is 0. The Morgan fingerprint density at radius 1 is 1.38 bits per heavy atom. The molecule has 0 unspecified atom stereocenters. The first-order valence-electron chi connectivity index (χ1n) is 6.40. The van der Waals surface area contributed by atoms with Crippen LogP contribution in [-0.2, 0) is 25.8 Å². The Morgan fingerprint density at radius 3 is 2.88 bits per heavy atom. The van der Waals surface area contributed by atoms with E-state index in [1.54, 1.807) is 0 Å². The Morgan fingerprint density at radius 2 is 2.19 bits per heavy atom. The summed E-state index contributed by atoms with van der Waals surface area (Å²) in [5, 5.41) is 9.16. The molecule has 1 aromatic heterocycles. The monoisotopic (exact) mass is 222 g/mol. The van der Waals surface area contributed by atoms with Crippen molar-refractivity contribution in [1.82, 2.24) is 9.55 Å². The Balaban J connectivity index is 2.31. The third-order valence-corrected chi connectivity index (χ3v) is 3.22. The molecule has 3 heteroatoms. The number of imidazole rings is 1. The molecule has 0 atom stereocenters. The van der Waals surface area contributed by atoms with Gasteiger partial charge in [-0.25, -0.2) is 4.98 Å². The molecule has 3 nitrogen and oxygen atoms in total. The first-order valence-corrected chi connectivity index (χ1v) is 6.40. The molecule has 2 rings (SSSR count). The van der Waals surface area contributed by atoms with Gasteiger partial charge in [0.1, 0.15) is 5.82 Å². The maximum absolute atomic E-state index is 9.16. The van der Waals surface area contributed by atoms with E-state index in [-0.39, 0.29) is 6.61 Å². The van der Waals surface area contributed by atoms with Crippen molar-refractivity contribution in [2.24, 2.45) is 5.92 Å². The highest BCUT2D eigenvalue weighted by molar-refractivity contribution is 5.19. The van der Waals surface area contributed by atoms with Crippen molar-refractivity contribution in [3.05, 3.63) is 17.2 Å². The summed E-state index contributed by atoms with van der Waals surface area (Å²) in [6.45, 7) is 5.77. The van der Waals surface area contributed by atoms with Crippen molar-refractivity contribution in [2.45, 2.75) is 52.5 Å². The summed E-state index contributed by atoms with van der Waals surface area (Å²) >= 11 is 0. The SMILES string of the molecule is CC(C)Cc1nc2n(c1CCO)CCCC2. The standard InChI is InChI=1S/C13H22N2O/c1-10(2)9-11-12(6-8-16)15-7-4-3-5-13(15)14-11/h10,16H,3-9H2,1-2H3. The van der Waals surface area contributed by atoms with Crippen LogP contribution in [0.4, 0.5) is 0 Å². The number of rotatable bonds is 4. The van der Waals surface area contributed by atoms with Crippen molar-refractivity contribution >= 4 is 0 Å². The molecule has 0 aliphatic carbocycles. The van der Waals surface area contributed by atoms with Crippen molar-refractivity contribution < 1.29 is 5.11 Å². The lowest BCUT2D eigenvalue weighted by Gasteiger charge is -2.16. The molecule has 0 aromatic carbocycles. The van der Waals surface area contributed by atoms with Gasteiger partial charge >= 0.3 is 0 Å². The first-order chi connectivity index (χ1) is 7.72. The van der Waals surface area contributed by atoms with Crippen molar-refractivity contribution in [2.75, 3.05) is 6.61 Å². The topological polar surface area (TPSA) is 38.0 Å². The highest BCUT2D eigenvalue weighted by Crippen LogP contribution is 2.22. The molecule has 0 amide bonds. The number of nitrogens with zero attached hydrogens (tertiary/aromatic N) is 2. The van der Waals surface area contributed by atoms with E-state index in [0.29, 0.717) is 5.92 Å². The van der Waals surface area contributed by atoms with Crippen LogP contribution in [-0.4, -0.2) is 21.3 Å². The van der Waals surface area contributed by atoms with Gasteiger partial charge in [0.15, 0.2) is 0 Å². The number of fused-ring (bicyclic) bond motifs is 1. The molecule has 1 N–H and O–H groups in total. The normalized spacial score (nSPS) is 15.5. The van der Waals surface area contributed by atoms with Crippen LogP contribution in [0.15, 0.2) is 0 Å². The molecular weight excluding hydrogens is 200 g/mol. The quantitative estimate of drug-likeness (QED) is 0.845. The lowest BCUT2D eigenvalue weighted by Crippen LogP contribution is -2.14. The van der Waals surface area contributed by atoms with Crippen molar-refractivity contribution in [3.8, 4) is 0 Å². The van der Waals surface area contributed by atoms with Crippen LogP contribution in [0.5, 0.6) is 0 Å². The minimum Gasteiger partial charge on any atom is -0.396 e. The van der Waals surface area contributed by atoms with Gasteiger partial charge in [0.2, 0.25) is 0 Å². The van der Waals surface area contributed by atoms with Crippen LogP contribution >= 0.6 is 0 Å². The molecule has 1 aliphatic rings. The summed E-state index contributed by atoms with van der Waals surface area (Å²) in [6.07, 6.45) is 5.42. The largest absolute Gasteiger partial charge is 0.396 e. The van der Waals surface area contributed by atoms with E-state index >= 15 is 0 Å². The number of aromatic nitrogens is 2. The van der Waals surface area contributed by atoms with Gasteiger partial charge in [-0.1, -0.05) is 13.8 Å². The van der Waals surface area contributed by atoms with Gasteiger partial charge in [-0.3, -0.25) is 0 Å². The van der Waals surface area contributed by atoms with Crippen LogP contribution in [0.25, 0.3) is 0 Å². The average molecular weight is 222 g/mol. The summed E-state index contributed by atoms with van der Waals surface area (Å²) in [4.78, 5) is 4.76. The zero-order valence-corrected chi connectivity index (χ0v) is 10.4. The molecule has 0 radical (unpaired) electrons. The Labute approximate surface area is 97.5 Å². The molecule has 1 aliphatic heterocycles. The van der Waals surface area contributed by atoms with Gasteiger partial charge in [0.25, 0.3) is 0 Å². The zero-order valence-electron chi connectivity index (χ0n) is 10.4. The molecule has 0 bridgehead atoms. The molecule has 2 heterocycles. The zero-order chi connectivity index (χ0) is 11.5. The molecule has 16 heavy (non-hydrogen) atoms. The third kappa shape index (κ3) is 2.29. The molecule has 90 valence electrons. The predicted octanol–water partition coefficient (Wildman–Crippen LogP) is 1.95. The van der Waals surface area contributed by atoms with E-state index in [9.17, 15) is 0 Å². The van der Waals surface area contributed by atoms with Gasteiger partial charge in [-0.2, -0.15) is 0 Å². The Hall–Kier alpha value is -0.830. The highest BCUT2D eigenvalue weighted by atomic mass is 16.3. The lowest BCUT2D eigenvalue weighted by atomic mass is 10.1. The molecular formula is C13H22N2O. The molecule has 0 spiro atoms. The number of aryl methyl sites for hydroxylation is 1. The molecule has 0 saturated carbocycles. The summed E-state index contributed by atoms with van der Waals surface area (Å²) < 4.78 is 2.34. The maximum atomic E-state index is 9.16. The maximum Gasteiger partial charge on any atom is 0.109 e. The van der Waals surface area contributed by atoms with Gasteiger partial charge in [-0.15, -0.1) is 0 Å². The highest BCUT2D eigenvalue weighted by Gasteiger charge is 2.19. The van der Waals surface area contributed by atoms with Crippen LogP contribution in [0.1, 0.15) is 43.9 Å². The molecule has 1 aromatic rings. The number of hydrogen-bond donors (Lipinski definition) is 1. The fraction of sp³-hybridized carbons (Fsp3) is 0.769. The summed E-state index contributed by atoms with van der Waals surface area (Å²) in [5.41, 5.74) is 2.51. The van der Waals surface area contributed by atoms with Crippen LogP contribution in [0, 0.1) is 5.92 Å². The third-order valence-electron chi connectivity index (χ3n) is 3.22. The van der Waals surface area contributed by atoms with Crippen molar-refractivity contribution in [1.29, 1.82) is 0 Å². The van der Waals surface area contributed by atoms with Crippen LogP contribution in [0.2, 0.25) is 0 Å². The van der Waals surface area contributed by atoms with Gasteiger partial charge in [0.05, 0.1) is 5.69 Å². The van der Waals surface area contributed by atoms with E-state index in [0.717, 1.165) is 25.8 Å². The molecule has 0 saturated heterocycles. The Kier molecular flexibility index (Phi) is 3.64. The van der Waals surface area contributed by atoms with E-state index in [4.69, 9.17) is 10.1 Å². The second-order valence-corrected chi connectivity index (χ2v) is 5.10. The van der Waals surface area contributed by atoms with Gasteiger partial charge in [0, 0.05) is 31.7 Å². The van der Waals surface area contributed by atoms with Crippen LogP contribution in [0.3, 0.4) is 0 Å². The minimum absolute atomic E-state index is 0.232. The number of aliphatic hydroxyl groups is 1. The van der Waals surface area contributed by atoms with E-state index in [2.05, 4.69) is 18.4 Å². The fourth-order valence-corrected chi connectivity index (χ4v) is 2.54. The van der Waals surface area contributed by atoms with Gasteiger partial charge < -0.3 is 9.67 Å². The number of aliphatic hydroxyl groups excluding tert-OH is 1. The van der Waals surface area contributed by atoms with Gasteiger partial charge in [-0.05, 0) is 25.2 Å². The van der Waals surface area contributed by atoms with E-state index < -0.39 is 0 Å². The fourth-order valence-electron chi connectivity index (χ4n) is 2.54. The second kappa shape index (κ2) is 5.00. The predicted molar refractivity (Wildman–Crippen MR) is 64.5 cm³/mol. The summed E-state index contributed by atoms with van der Waals surface area (Å²) in [5.74, 6) is 1.87. The number of hydrogen-bond acceptors (Lipinski definition) is 2. The average Bonchev–Trinajstić information content (AvgIpc) is 2.57. The Bertz CT molecular complexity index is 355. The summed E-state index contributed by atoms with van der Waals surface area (Å²) in [6, 6.07) is 0. The smallest absolute Gasteiger partial charge is 0.109 e. The first kappa shape index (κ1) is 11.6. The lowest BCUT2D eigenvalue weighted by molar-refractivity contribution is 0.294.